The van der Waals surface area contributed by atoms with E-state index in [1.54, 1.807) is 0 Å². The minimum atomic E-state index is -0.208. The van der Waals surface area contributed by atoms with Crippen molar-refractivity contribution in [3.63, 3.8) is 0 Å². The molecular formula is C15H20N2O4. The Labute approximate surface area is 124 Å². The van der Waals surface area contributed by atoms with Gasteiger partial charge in [-0.05, 0) is 20.3 Å². The Bertz CT molecular complexity index is 470. The van der Waals surface area contributed by atoms with Crippen LogP contribution in [0.1, 0.15) is 33.6 Å². The summed E-state index contributed by atoms with van der Waals surface area (Å²) in [6.07, 6.45) is 7.11. The highest BCUT2D eigenvalue weighted by molar-refractivity contribution is 6.13. The van der Waals surface area contributed by atoms with Crippen molar-refractivity contribution in [1.29, 1.82) is 0 Å². The molecule has 21 heavy (non-hydrogen) atoms. The van der Waals surface area contributed by atoms with Gasteiger partial charge in [0.05, 0.1) is 0 Å². The second-order valence-corrected chi connectivity index (χ2v) is 4.99. The molecular weight excluding hydrogens is 272 g/mol. The normalized spacial score (nSPS) is 17.1. The van der Waals surface area contributed by atoms with Crippen LogP contribution < -0.4 is 0 Å². The third-order valence-corrected chi connectivity index (χ3v) is 3.00. The molecule has 0 aliphatic carbocycles. The van der Waals surface area contributed by atoms with E-state index < -0.39 is 0 Å². The average molecular weight is 292 g/mol. The van der Waals surface area contributed by atoms with Crippen LogP contribution in [-0.2, 0) is 19.2 Å². The van der Waals surface area contributed by atoms with Gasteiger partial charge in [-0.25, -0.2) is 0 Å². The van der Waals surface area contributed by atoms with E-state index in [0.717, 1.165) is 12.8 Å². The van der Waals surface area contributed by atoms with Gasteiger partial charge < -0.3 is 0 Å². The third-order valence-electron chi connectivity index (χ3n) is 3.00. The van der Waals surface area contributed by atoms with Gasteiger partial charge in [-0.1, -0.05) is 13.3 Å². The monoisotopic (exact) mass is 292 g/mol. The van der Waals surface area contributed by atoms with E-state index in [1.807, 2.05) is 20.8 Å². The average Bonchev–Trinajstić information content (AvgIpc) is 2.92. The van der Waals surface area contributed by atoms with E-state index in [-0.39, 0.29) is 29.7 Å². The lowest BCUT2D eigenvalue weighted by atomic mass is 10.3. The topological polar surface area (TPSA) is 74.8 Å². The Morgan fingerprint density at radius 2 is 1.29 bits per heavy atom. The number of hydrogen-bond acceptors (Lipinski definition) is 4. The summed E-state index contributed by atoms with van der Waals surface area (Å²) in [5.74, 6) is -0.771. The summed E-state index contributed by atoms with van der Waals surface area (Å²) in [5.41, 5.74) is 0. The van der Waals surface area contributed by atoms with E-state index in [4.69, 9.17) is 0 Å². The summed E-state index contributed by atoms with van der Waals surface area (Å²) < 4.78 is 0. The molecule has 2 aliphatic heterocycles. The van der Waals surface area contributed by atoms with Gasteiger partial charge in [0.25, 0.3) is 23.6 Å². The molecule has 0 radical (unpaired) electrons. The van der Waals surface area contributed by atoms with Crippen LogP contribution in [0.4, 0.5) is 0 Å². The Kier molecular flexibility index (Phi) is 6.02. The molecule has 0 unspecified atom stereocenters. The zero-order chi connectivity index (χ0) is 16.0. The first-order chi connectivity index (χ1) is 9.88. The van der Waals surface area contributed by atoms with Crippen LogP contribution >= 0.6 is 0 Å². The first-order valence-electron chi connectivity index (χ1n) is 6.97. The molecule has 0 aromatic carbocycles. The van der Waals surface area contributed by atoms with E-state index in [1.165, 1.54) is 34.1 Å². The Hall–Kier alpha value is -2.24. The van der Waals surface area contributed by atoms with Gasteiger partial charge in [0.15, 0.2) is 0 Å². The summed E-state index contributed by atoms with van der Waals surface area (Å²) >= 11 is 0. The van der Waals surface area contributed by atoms with Gasteiger partial charge in [-0.2, -0.15) is 0 Å². The van der Waals surface area contributed by atoms with Crippen LogP contribution in [0.2, 0.25) is 0 Å². The van der Waals surface area contributed by atoms with E-state index in [9.17, 15) is 19.2 Å². The van der Waals surface area contributed by atoms with Crippen molar-refractivity contribution in [2.45, 2.75) is 39.7 Å². The maximum Gasteiger partial charge on any atom is 0.253 e. The molecule has 0 saturated carbocycles. The minimum absolute atomic E-state index is 0.0324. The molecule has 0 aromatic rings. The molecule has 6 nitrogen and oxygen atoms in total. The van der Waals surface area contributed by atoms with Crippen LogP contribution in [0, 0.1) is 0 Å². The molecule has 6 heteroatoms. The summed E-state index contributed by atoms with van der Waals surface area (Å²) in [4.78, 5) is 46.0. The SMILES string of the molecule is CC(C)N1C(=O)C=CC1=O.CCCCN1C(=O)C=CC1=O. The Morgan fingerprint density at radius 1 is 0.857 bits per heavy atom. The van der Waals surface area contributed by atoms with Crippen LogP contribution in [-0.4, -0.2) is 46.0 Å². The summed E-state index contributed by atoms with van der Waals surface area (Å²) in [7, 11) is 0. The van der Waals surface area contributed by atoms with Gasteiger partial charge in [-0.15, -0.1) is 0 Å². The number of amides is 4. The van der Waals surface area contributed by atoms with Crippen LogP contribution in [0.5, 0.6) is 0 Å². The third kappa shape index (κ3) is 4.37. The molecule has 0 aromatic heterocycles. The van der Waals surface area contributed by atoms with Gasteiger partial charge in [0.2, 0.25) is 0 Å². The molecule has 0 bridgehead atoms. The van der Waals surface area contributed by atoms with Crippen LogP contribution in [0.3, 0.4) is 0 Å². The number of rotatable bonds is 4. The van der Waals surface area contributed by atoms with Gasteiger partial charge >= 0.3 is 0 Å². The zero-order valence-corrected chi connectivity index (χ0v) is 12.5. The number of nitrogens with zero attached hydrogens (tertiary/aromatic N) is 2. The first kappa shape index (κ1) is 16.8. The quantitative estimate of drug-likeness (QED) is 0.725. The minimum Gasteiger partial charge on any atom is -0.275 e. The van der Waals surface area contributed by atoms with E-state index in [2.05, 4.69) is 0 Å². The van der Waals surface area contributed by atoms with Gasteiger partial charge in [-0.3, -0.25) is 29.0 Å². The molecule has 0 spiro atoms. The fraction of sp³-hybridized carbons (Fsp3) is 0.467. The van der Waals surface area contributed by atoms with Gasteiger partial charge in [0.1, 0.15) is 0 Å². The highest BCUT2D eigenvalue weighted by atomic mass is 16.2. The number of hydrogen-bond donors (Lipinski definition) is 0. The van der Waals surface area contributed by atoms with Crippen molar-refractivity contribution in [2.75, 3.05) is 6.54 Å². The maximum absolute atomic E-state index is 10.9. The van der Waals surface area contributed by atoms with Crippen molar-refractivity contribution in [1.82, 2.24) is 9.80 Å². The number of carbonyl (C=O) groups excluding carboxylic acids is 4. The predicted molar refractivity (Wildman–Crippen MR) is 76.9 cm³/mol. The highest BCUT2D eigenvalue weighted by Gasteiger charge is 2.25. The lowest BCUT2D eigenvalue weighted by molar-refractivity contribution is -0.139. The lowest BCUT2D eigenvalue weighted by Gasteiger charge is -2.17. The Morgan fingerprint density at radius 3 is 1.62 bits per heavy atom. The van der Waals surface area contributed by atoms with Crippen molar-refractivity contribution in [3.8, 4) is 0 Å². The Balaban J connectivity index is 0.000000211. The first-order valence-corrected chi connectivity index (χ1v) is 6.97. The second-order valence-electron chi connectivity index (χ2n) is 4.99. The standard InChI is InChI=1S/C8H11NO2.C7H9NO2/c1-2-3-6-9-7(10)4-5-8(9)11;1-5(2)8-6(9)3-4-7(8)10/h4-5H,2-3,6H2,1H3;3-5H,1-2H3. The predicted octanol–water partition coefficient (Wildman–Crippen LogP) is 1.03. The summed E-state index contributed by atoms with van der Waals surface area (Å²) in [5, 5.41) is 0. The largest absolute Gasteiger partial charge is 0.275 e. The fourth-order valence-electron chi connectivity index (χ4n) is 1.89. The zero-order valence-electron chi connectivity index (χ0n) is 12.5. The molecule has 114 valence electrons. The van der Waals surface area contributed by atoms with Crippen molar-refractivity contribution < 1.29 is 19.2 Å². The molecule has 0 atom stereocenters. The molecule has 4 amide bonds. The van der Waals surface area contributed by atoms with Gasteiger partial charge in [0, 0.05) is 36.9 Å². The highest BCUT2D eigenvalue weighted by Crippen LogP contribution is 2.07. The fourth-order valence-corrected chi connectivity index (χ4v) is 1.89. The smallest absolute Gasteiger partial charge is 0.253 e. The van der Waals surface area contributed by atoms with Crippen LogP contribution in [0.25, 0.3) is 0 Å². The van der Waals surface area contributed by atoms with Crippen LogP contribution in [0.15, 0.2) is 24.3 Å². The maximum atomic E-state index is 10.9. The molecule has 2 rings (SSSR count). The molecule has 0 fully saturated rings. The van der Waals surface area contributed by atoms with Crippen molar-refractivity contribution in [2.24, 2.45) is 0 Å². The van der Waals surface area contributed by atoms with E-state index >= 15 is 0 Å². The number of imide groups is 2. The lowest BCUT2D eigenvalue weighted by Crippen LogP contribution is -2.36. The molecule has 2 heterocycles. The molecule has 0 N–H and O–H groups in total. The summed E-state index contributed by atoms with van der Waals surface area (Å²) in [6.45, 7) is 6.20. The molecule has 0 saturated heterocycles. The number of carbonyl (C=O) groups is 4. The van der Waals surface area contributed by atoms with Crippen molar-refractivity contribution in [3.05, 3.63) is 24.3 Å². The summed E-state index contributed by atoms with van der Waals surface area (Å²) in [6, 6.07) is -0.0324. The van der Waals surface area contributed by atoms with E-state index in [0.29, 0.717) is 6.54 Å². The molecule has 2 aliphatic rings. The van der Waals surface area contributed by atoms with Crippen molar-refractivity contribution >= 4 is 23.6 Å². The second kappa shape index (κ2) is 7.52. The number of unbranched alkanes of at least 4 members (excludes halogenated alkanes) is 1.